The van der Waals surface area contributed by atoms with Crippen LogP contribution in [0.15, 0.2) is 23.3 Å². The molecule has 0 aliphatic heterocycles. The lowest BCUT2D eigenvalue weighted by Crippen LogP contribution is -2.40. The molecule has 0 saturated carbocycles. The Bertz CT molecular complexity index is 477. The summed E-state index contributed by atoms with van der Waals surface area (Å²) in [4.78, 5) is 8.92. The summed E-state index contributed by atoms with van der Waals surface area (Å²) in [7, 11) is 0. The second-order valence-corrected chi connectivity index (χ2v) is 6.10. The van der Waals surface area contributed by atoms with Crippen LogP contribution in [0.3, 0.4) is 0 Å². The van der Waals surface area contributed by atoms with E-state index in [4.69, 9.17) is 9.84 Å². The van der Waals surface area contributed by atoms with Crippen molar-refractivity contribution in [1.29, 1.82) is 0 Å². The van der Waals surface area contributed by atoms with Gasteiger partial charge in [0.05, 0.1) is 13.2 Å². The number of halogens is 1. The lowest BCUT2D eigenvalue weighted by molar-refractivity contribution is 0.251. The number of nitrogens with zero attached hydrogens (tertiary/aromatic N) is 2. The Labute approximate surface area is 175 Å². The van der Waals surface area contributed by atoms with E-state index in [1.165, 1.54) is 0 Å². The van der Waals surface area contributed by atoms with Crippen LogP contribution in [-0.4, -0.2) is 42.4 Å². The SMILES string of the molecule is CCCOc1ccc(CN=C(NCC)NCC(CCC)CCO)cn1.I. The normalized spacial score (nSPS) is 12.2. The Morgan fingerprint density at radius 2 is 2.00 bits per heavy atom. The number of hydrogen-bond acceptors (Lipinski definition) is 4. The highest BCUT2D eigenvalue weighted by Crippen LogP contribution is 2.10. The van der Waals surface area contributed by atoms with E-state index in [0.717, 1.165) is 50.3 Å². The van der Waals surface area contributed by atoms with Crippen LogP contribution in [0.2, 0.25) is 0 Å². The summed E-state index contributed by atoms with van der Waals surface area (Å²) < 4.78 is 5.49. The molecule has 3 N–H and O–H groups in total. The van der Waals surface area contributed by atoms with E-state index in [0.29, 0.717) is 24.9 Å². The van der Waals surface area contributed by atoms with Crippen molar-refractivity contribution in [1.82, 2.24) is 15.6 Å². The molecule has 1 heterocycles. The van der Waals surface area contributed by atoms with Gasteiger partial charge in [-0.2, -0.15) is 0 Å². The molecule has 1 aromatic rings. The predicted octanol–water partition coefficient (Wildman–Crippen LogP) is 3.34. The van der Waals surface area contributed by atoms with Gasteiger partial charge in [0, 0.05) is 32.0 Å². The maximum Gasteiger partial charge on any atom is 0.213 e. The molecule has 1 atom stereocenters. The second kappa shape index (κ2) is 16.1. The molecule has 0 amide bonds. The molecule has 0 radical (unpaired) electrons. The van der Waals surface area contributed by atoms with Gasteiger partial charge < -0.3 is 20.5 Å². The summed E-state index contributed by atoms with van der Waals surface area (Å²) in [6.07, 6.45) is 5.84. The van der Waals surface area contributed by atoms with Crippen molar-refractivity contribution in [3.63, 3.8) is 0 Å². The quantitative estimate of drug-likeness (QED) is 0.244. The molecular weight excluding hydrogens is 443 g/mol. The van der Waals surface area contributed by atoms with Crippen LogP contribution in [-0.2, 0) is 6.54 Å². The summed E-state index contributed by atoms with van der Waals surface area (Å²) in [5.74, 6) is 1.93. The first-order valence-electron chi connectivity index (χ1n) is 9.44. The standard InChI is InChI=1S/C19H34N4O2.HI/c1-4-7-16(10-11-24)13-22-19(20-6-3)23-15-17-8-9-18(21-14-17)25-12-5-2;/h8-9,14,16,24H,4-7,10-13,15H2,1-3H3,(H2,20,22,23);1H. The predicted molar refractivity (Wildman–Crippen MR) is 118 cm³/mol. The number of nitrogens with one attached hydrogen (secondary N) is 2. The average Bonchev–Trinajstić information content (AvgIpc) is 2.63. The lowest BCUT2D eigenvalue weighted by atomic mass is 10.0. The Kier molecular flexibility index (Phi) is 15.4. The van der Waals surface area contributed by atoms with Crippen LogP contribution >= 0.6 is 24.0 Å². The fourth-order valence-corrected chi connectivity index (χ4v) is 2.49. The number of aliphatic hydroxyl groups is 1. The van der Waals surface area contributed by atoms with Gasteiger partial charge in [0.15, 0.2) is 5.96 Å². The van der Waals surface area contributed by atoms with Gasteiger partial charge in [-0.25, -0.2) is 9.98 Å². The molecule has 0 aromatic carbocycles. The number of pyridine rings is 1. The smallest absolute Gasteiger partial charge is 0.213 e. The summed E-state index contributed by atoms with van der Waals surface area (Å²) in [6.45, 7) is 9.41. The Hall–Kier alpha value is -1.09. The Balaban J connectivity index is 0.00000625. The van der Waals surface area contributed by atoms with Crippen molar-refractivity contribution >= 4 is 29.9 Å². The molecule has 0 aliphatic carbocycles. The Morgan fingerprint density at radius 1 is 1.19 bits per heavy atom. The van der Waals surface area contributed by atoms with Crippen molar-refractivity contribution in [3.8, 4) is 5.88 Å². The summed E-state index contributed by atoms with van der Waals surface area (Å²) >= 11 is 0. The van der Waals surface area contributed by atoms with Crippen molar-refractivity contribution in [2.45, 2.75) is 53.0 Å². The van der Waals surface area contributed by atoms with E-state index in [-0.39, 0.29) is 30.6 Å². The van der Waals surface area contributed by atoms with E-state index < -0.39 is 0 Å². The maximum absolute atomic E-state index is 9.17. The molecule has 0 saturated heterocycles. The van der Waals surface area contributed by atoms with Gasteiger partial charge in [-0.05, 0) is 37.7 Å². The monoisotopic (exact) mass is 478 g/mol. The topological polar surface area (TPSA) is 78.8 Å². The van der Waals surface area contributed by atoms with Crippen molar-refractivity contribution < 1.29 is 9.84 Å². The van der Waals surface area contributed by atoms with Crippen LogP contribution in [0.25, 0.3) is 0 Å². The zero-order valence-corrected chi connectivity index (χ0v) is 18.7. The number of rotatable bonds is 12. The summed E-state index contributed by atoms with van der Waals surface area (Å²) in [5, 5.41) is 15.8. The van der Waals surface area contributed by atoms with Crippen molar-refractivity contribution in [2.75, 3.05) is 26.3 Å². The number of guanidine groups is 1. The third kappa shape index (κ3) is 10.8. The van der Waals surface area contributed by atoms with E-state index >= 15 is 0 Å². The summed E-state index contributed by atoms with van der Waals surface area (Å²) in [5.41, 5.74) is 1.04. The molecular formula is C19H35IN4O2. The lowest BCUT2D eigenvalue weighted by Gasteiger charge is -2.18. The van der Waals surface area contributed by atoms with Crippen LogP contribution in [0.5, 0.6) is 5.88 Å². The van der Waals surface area contributed by atoms with Crippen LogP contribution in [0.1, 0.15) is 52.0 Å². The first-order chi connectivity index (χ1) is 12.2. The van der Waals surface area contributed by atoms with E-state index in [1.54, 1.807) is 0 Å². The van der Waals surface area contributed by atoms with Crippen molar-refractivity contribution in [2.24, 2.45) is 10.9 Å². The molecule has 150 valence electrons. The van der Waals surface area contributed by atoms with Crippen LogP contribution in [0, 0.1) is 5.92 Å². The van der Waals surface area contributed by atoms with Gasteiger partial charge in [0.25, 0.3) is 0 Å². The van der Waals surface area contributed by atoms with Gasteiger partial charge in [-0.15, -0.1) is 24.0 Å². The molecule has 7 heteroatoms. The molecule has 0 aliphatic rings. The van der Waals surface area contributed by atoms with E-state index in [9.17, 15) is 0 Å². The molecule has 6 nitrogen and oxygen atoms in total. The zero-order chi connectivity index (χ0) is 18.3. The number of ether oxygens (including phenoxy) is 1. The molecule has 0 spiro atoms. The number of hydrogen-bond donors (Lipinski definition) is 3. The fraction of sp³-hybridized carbons (Fsp3) is 0.684. The third-order valence-electron chi connectivity index (χ3n) is 3.81. The molecule has 1 unspecified atom stereocenters. The molecule has 1 rings (SSSR count). The minimum atomic E-state index is 0. The highest BCUT2D eigenvalue weighted by Gasteiger charge is 2.08. The van der Waals surface area contributed by atoms with Crippen LogP contribution < -0.4 is 15.4 Å². The minimum Gasteiger partial charge on any atom is -0.478 e. The van der Waals surface area contributed by atoms with Gasteiger partial charge in [-0.1, -0.05) is 26.3 Å². The summed E-state index contributed by atoms with van der Waals surface area (Å²) in [6, 6.07) is 3.89. The van der Waals surface area contributed by atoms with Gasteiger partial charge >= 0.3 is 0 Å². The number of aliphatic imine (C=N–C) groups is 1. The number of aromatic nitrogens is 1. The second-order valence-electron chi connectivity index (χ2n) is 6.10. The van der Waals surface area contributed by atoms with E-state index in [1.807, 2.05) is 18.3 Å². The first kappa shape index (κ1) is 24.9. The third-order valence-corrected chi connectivity index (χ3v) is 3.81. The van der Waals surface area contributed by atoms with E-state index in [2.05, 4.69) is 41.4 Å². The van der Waals surface area contributed by atoms with Gasteiger partial charge in [0.2, 0.25) is 5.88 Å². The minimum absolute atomic E-state index is 0. The molecule has 0 bridgehead atoms. The maximum atomic E-state index is 9.17. The van der Waals surface area contributed by atoms with Crippen LogP contribution in [0.4, 0.5) is 0 Å². The van der Waals surface area contributed by atoms with Gasteiger partial charge in [-0.3, -0.25) is 0 Å². The van der Waals surface area contributed by atoms with Gasteiger partial charge in [0.1, 0.15) is 0 Å². The first-order valence-corrected chi connectivity index (χ1v) is 9.44. The van der Waals surface area contributed by atoms with Crippen molar-refractivity contribution in [3.05, 3.63) is 23.9 Å². The fourth-order valence-electron chi connectivity index (χ4n) is 2.49. The Morgan fingerprint density at radius 3 is 2.58 bits per heavy atom. The zero-order valence-electron chi connectivity index (χ0n) is 16.3. The molecule has 1 aromatic heterocycles. The highest BCUT2D eigenvalue weighted by atomic mass is 127. The number of aliphatic hydroxyl groups excluding tert-OH is 1. The average molecular weight is 478 g/mol. The highest BCUT2D eigenvalue weighted by molar-refractivity contribution is 14.0. The molecule has 26 heavy (non-hydrogen) atoms. The molecule has 0 fully saturated rings. The largest absolute Gasteiger partial charge is 0.478 e.